The Morgan fingerprint density at radius 1 is 1.06 bits per heavy atom. The number of rotatable bonds is 4. The summed E-state index contributed by atoms with van der Waals surface area (Å²) in [7, 11) is -3.58. The molecular weight excluding hydrogens is 535 g/mol. The van der Waals surface area contributed by atoms with Gasteiger partial charge in [0.25, 0.3) is 5.91 Å². The summed E-state index contributed by atoms with van der Waals surface area (Å²) >= 11 is 18.5. The normalized spacial score (nSPS) is 19.0. The second kappa shape index (κ2) is 9.63. The summed E-state index contributed by atoms with van der Waals surface area (Å²) in [6, 6.07) is 8.09. The van der Waals surface area contributed by atoms with E-state index in [4.69, 9.17) is 39.2 Å². The van der Waals surface area contributed by atoms with Gasteiger partial charge in [-0.3, -0.25) is 10.2 Å². The van der Waals surface area contributed by atoms with Crippen LogP contribution in [0.2, 0.25) is 15.3 Å². The number of furan rings is 1. The zero-order valence-electron chi connectivity index (χ0n) is 18.4. The number of carbonyl (C=O) groups excluding carboxylic acids is 1. The number of hydrogen-bond donors (Lipinski definition) is 1. The molecule has 1 amide bonds. The molecule has 1 N–H and O–H groups in total. The fourth-order valence-electron chi connectivity index (χ4n) is 4.39. The summed E-state index contributed by atoms with van der Waals surface area (Å²) in [6.45, 7) is 1.45. The van der Waals surface area contributed by atoms with Gasteiger partial charge in [-0.2, -0.15) is 5.10 Å². The second-order valence-electron chi connectivity index (χ2n) is 8.52. The molecule has 5 rings (SSSR count). The van der Waals surface area contributed by atoms with E-state index in [9.17, 15) is 13.2 Å². The number of sulfone groups is 1. The number of piperidine rings is 1. The number of hydrazine groups is 1. The number of aromatic nitrogens is 2. The molecule has 1 fully saturated rings. The lowest BCUT2D eigenvalue weighted by Gasteiger charge is -2.26. The van der Waals surface area contributed by atoms with Gasteiger partial charge in [0.2, 0.25) is 0 Å². The van der Waals surface area contributed by atoms with E-state index < -0.39 is 15.7 Å². The zero-order valence-corrected chi connectivity index (χ0v) is 21.5. The molecule has 0 spiro atoms. The number of halogens is 3. The average Bonchev–Trinajstić information content (AvgIpc) is 3.37. The molecule has 0 radical (unpaired) electrons. The lowest BCUT2D eigenvalue weighted by Crippen LogP contribution is -2.45. The fourth-order valence-corrected chi connectivity index (χ4v) is 6.54. The van der Waals surface area contributed by atoms with Crippen LogP contribution in [0.4, 0.5) is 0 Å². The fraction of sp³-hybridized carbons (Fsp3) is 0.304. The molecule has 0 atom stereocenters. The molecule has 0 aliphatic carbocycles. The predicted molar refractivity (Wildman–Crippen MR) is 136 cm³/mol. The molecule has 8 nitrogen and oxygen atoms in total. The van der Waals surface area contributed by atoms with Gasteiger partial charge in [0.1, 0.15) is 5.76 Å². The third-order valence-electron chi connectivity index (χ3n) is 5.91. The molecule has 35 heavy (non-hydrogen) atoms. The summed E-state index contributed by atoms with van der Waals surface area (Å²) in [5.41, 5.74) is 4.57. The van der Waals surface area contributed by atoms with Crippen molar-refractivity contribution in [2.24, 2.45) is 0 Å². The third kappa shape index (κ3) is 5.15. The van der Waals surface area contributed by atoms with Gasteiger partial charge in [-0.15, -0.1) is 0 Å². The maximum atomic E-state index is 13.3. The topological polar surface area (TPSA) is 97.4 Å². The molecule has 2 aliphatic rings. The van der Waals surface area contributed by atoms with Gasteiger partial charge >= 0.3 is 0 Å². The standard InChI is InChI=1S/C23H21Cl3N4O4S/c24-15-4-6-19(18(25)11-15)30-22-14(10-16-5-7-20(26)34-16)12-35(32,33)13-17(22)21(27-30)23(31)28-29-8-2-1-3-9-29/h4-7,10-11H,1-3,8-9,12-13H2,(H,28,31)/b14-10+. The molecule has 184 valence electrons. The van der Waals surface area contributed by atoms with Crippen LogP contribution in [0.15, 0.2) is 34.7 Å². The zero-order chi connectivity index (χ0) is 24.7. The van der Waals surface area contributed by atoms with E-state index in [0.717, 1.165) is 32.4 Å². The van der Waals surface area contributed by atoms with Crippen LogP contribution in [-0.2, 0) is 15.6 Å². The van der Waals surface area contributed by atoms with E-state index in [1.807, 2.05) is 5.01 Å². The summed E-state index contributed by atoms with van der Waals surface area (Å²) in [4.78, 5) is 13.3. The number of nitrogens with one attached hydrogen (secondary N) is 1. The minimum atomic E-state index is -3.58. The maximum Gasteiger partial charge on any atom is 0.286 e. The molecule has 0 saturated carbocycles. The molecular formula is C23H21Cl3N4O4S. The van der Waals surface area contributed by atoms with Crippen molar-refractivity contribution in [1.29, 1.82) is 0 Å². The van der Waals surface area contributed by atoms with E-state index in [2.05, 4.69) is 10.5 Å². The van der Waals surface area contributed by atoms with Crippen LogP contribution in [0.3, 0.4) is 0 Å². The van der Waals surface area contributed by atoms with Crippen molar-refractivity contribution in [3.05, 3.63) is 68.3 Å². The van der Waals surface area contributed by atoms with Crippen molar-refractivity contribution < 1.29 is 17.6 Å². The smallest absolute Gasteiger partial charge is 0.286 e. The Kier molecular flexibility index (Phi) is 6.71. The van der Waals surface area contributed by atoms with Crippen LogP contribution in [0.1, 0.15) is 46.8 Å². The van der Waals surface area contributed by atoms with Crippen LogP contribution in [0.25, 0.3) is 17.3 Å². The number of benzene rings is 1. The SMILES string of the molecule is O=C(NN1CCCCC1)c1nn(-c2ccc(Cl)cc2Cl)c2c1CS(=O)(=O)C/C2=C\c1ccc(Cl)o1. The van der Waals surface area contributed by atoms with Crippen molar-refractivity contribution in [3.63, 3.8) is 0 Å². The largest absolute Gasteiger partial charge is 0.445 e. The maximum absolute atomic E-state index is 13.3. The van der Waals surface area contributed by atoms with E-state index in [1.54, 1.807) is 36.4 Å². The number of carbonyl (C=O) groups is 1. The van der Waals surface area contributed by atoms with Crippen molar-refractivity contribution in [3.8, 4) is 5.69 Å². The first kappa shape index (κ1) is 24.4. The van der Waals surface area contributed by atoms with Gasteiger partial charge in [0, 0.05) is 23.7 Å². The highest BCUT2D eigenvalue weighted by Crippen LogP contribution is 2.37. The minimum Gasteiger partial charge on any atom is -0.445 e. The predicted octanol–water partition coefficient (Wildman–Crippen LogP) is 5.03. The molecule has 12 heteroatoms. The molecule has 2 aromatic heterocycles. The van der Waals surface area contributed by atoms with E-state index in [-0.39, 0.29) is 22.4 Å². The van der Waals surface area contributed by atoms with Crippen LogP contribution >= 0.6 is 34.8 Å². The third-order valence-corrected chi connectivity index (χ3v) is 8.13. The van der Waals surface area contributed by atoms with E-state index >= 15 is 0 Å². The first-order valence-corrected chi connectivity index (χ1v) is 14.0. The van der Waals surface area contributed by atoms with Crippen LogP contribution < -0.4 is 5.43 Å². The molecule has 0 bridgehead atoms. The first-order chi connectivity index (χ1) is 16.7. The van der Waals surface area contributed by atoms with Gasteiger partial charge in [-0.1, -0.05) is 29.6 Å². The van der Waals surface area contributed by atoms with Crippen molar-refractivity contribution in [2.75, 3.05) is 18.8 Å². The Hall–Kier alpha value is -2.30. The lowest BCUT2D eigenvalue weighted by molar-refractivity contribution is 0.0743. The second-order valence-corrected chi connectivity index (χ2v) is 11.8. The van der Waals surface area contributed by atoms with Gasteiger partial charge in [0.15, 0.2) is 20.8 Å². The molecule has 3 aromatic rings. The average molecular weight is 556 g/mol. The molecule has 0 unspecified atom stereocenters. The Bertz CT molecular complexity index is 1440. The van der Waals surface area contributed by atoms with E-state index in [1.165, 1.54) is 4.68 Å². The van der Waals surface area contributed by atoms with E-state index in [0.29, 0.717) is 38.3 Å². The number of nitrogens with zero attached hydrogens (tertiary/aromatic N) is 3. The van der Waals surface area contributed by atoms with Crippen LogP contribution in [0.5, 0.6) is 0 Å². The first-order valence-electron chi connectivity index (χ1n) is 11.0. The van der Waals surface area contributed by atoms with Crippen LogP contribution in [-0.4, -0.2) is 48.0 Å². The summed E-state index contributed by atoms with van der Waals surface area (Å²) < 4.78 is 32.8. The Morgan fingerprint density at radius 2 is 1.83 bits per heavy atom. The molecule has 1 aromatic carbocycles. The number of amides is 1. The molecule has 1 saturated heterocycles. The lowest BCUT2D eigenvalue weighted by atomic mass is 10.1. The van der Waals surface area contributed by atoms with Gasteiger partial charge in [0.05, 0.1) is 27.9 Å². The van der Waals surface area contributed by atoms with Crippen molar-refractivity contribution >= 4 is 62.2 Å². The van der Waals surface area contributed by atoms with Crippen molar-refractivity contribution in [1.82, 2.24) is 20.2 Å². The van der Waals surface area contributed by atoms with Gasteiger partial charge in [-0.05, 0) is 66.4 Å². The highest BCUT2D eigenvalue weighted by molar-refractivity contribution is 7.91. The van der Waals surface area contributed by atoms with Gasteiger partial charge in [-0.25, -0.2) is 18.1 Å². The number of fused-ring (bicyclic) bond motifs is 1. The number of hydrogen-bond acceptors (Lipinski definition) is 6. The monoisotopic (exact) mass is 554 g/mol. The highest BCUT2D eigenvalue weighted by atomic mass is 35.5. The molecule has 2 aliphatic heterocycles. The Labute approximate surface area is 217 Å². The molecule has 4 heterocycles. The summed E-state index contributed by atoms with van der Waals surface area (Å²) in [5.74, 6) is -0.679. The Morgan fingerprint density at radius 3 is 2.51 bits per heavy atom. The summed E-state index contributed by atoms with van der Waals surface area (Å²) in [5, 5.41) is 7.32. The summed E-state index contributed by atoms with van der Waals surface area (Å²) in [6.07, 6.45) is 4.64. The minimum absolute atomic E-state index is 0.0308. The quantitative estimate of drug-likeness (QED) is 0.485. The van der Waals surface area contributed by atoms with Crippen LogP contribution in [0, 0.1) is 0 Å². The highest BCUT2D eigenvalue weighted by Gasteiger charge is 2.36. The van der Waals surface area contributed by atoms with Gasteiger partial charge < -0.3 is 4.42 Å². The van der Waals surface area contributed by atoms with Crippen molar-refractivity contribution in [2.45, 2.75) is 25.0 Å². The Balaban J connectivity index is 1.68.